The van der Waals surface area contributed by atoms with Gasteiger partial charge in [-0.25, -0.2) is 0 Å². The Bertz CT molecular complexity index is 1110. The van der Waals surface area contributed by atoms with Crippen molar-refractivity contribution in [1.82, 2.24) is 5.32 Å². The lowest BCUT2D eigenvalue weighted by Gasteiger charge is -2.30. The van der Waals surface area contributed by atoms with Crippen molar-refractivity contribution in [2.24, 2.45) is 0 Å². The molecule has 2 aromatic rings. The smallest absolute Gasteiger partial charge is 0.270 e. The van der Waals surface area contributed by atoms with Crippen LogP contribution in [0.1, 0.15) is 30.5 Å². The van der Waals surface area contributed by atoms with Crippen molar-refractivity contribution in [2.75, 3.05) is 12.0 Å². The minimum Gasteiger partial charge on any atom is -0.493 e. The number of methoxy groups -OCH3 is 1. The maximum absolute atomic E-state index is 13.3. The summed E-state index contributed by atoms with van der Waals surface area (Å²) in [7, 11) is 1.49. The van der Waals surface area contributed by atoms with Gasteiger partial charge in [-0.2, -0.15) is 0 Å². The van der Waals surface area contributed by atoms with E-state index in [1.807, 2.05) is 39.8 Å². The molecule has 0 spiro atoms. The minimum absolute atomic E-state index is 0.0390. The van der Waals surface area contributed by atoms with Gasteiger partial charge in [0.25, 0.3) is 11.8 Å². The number of halogens is 1. The number of aryl methyl sites for hydroxylation is 1. The highest BCUT2D eigenvalue weighted by Gasteiger charge is 2.35. The van der Waals surface area contributed by atoms with E-state index < -0.39 is 11.8 Å². The van der Waals surface area contributed by atoms with Crippen LogP contribution in [0.2, 0.25) is 5.02 Å². The Balaban J connectivity index is 2.06. The first-order chi connectivity index (χ1) is 14.6. The summed E-state index contributed by atoms with van der Waals surface area (Å²) in [5.41, 5.74) is 2.98. The third kappa shape index (κ3) is 4.57. The molecule has 0 bridgehead atoms. The normalized spacial score (nSPS) is 15.5. The van der Waals surface area contributed by atoms with Gasteiger partial charge in [0.05, 0.1) is 23.9 Å². The number of carbonyl (C=O) groups is 2. The van der Waals surface area contributed by atoms with Crippen LogP contribution >= 0.6 is 23.8 Å². The largest absolute Gasteiger partial charge is 0.493 e. The van der Waals surface area contributed by atoms with Crippen LogP contribution in [0.3, 0.4) is 0 Å². The van der Waals surface area contributed by atoms with Crippen molar-refractivity contribution < 1.29 is 19.1 Å². The van der Waals surface area contributed by atoms with Crippen LogP contribution in [0.15, 0.2) is 35.9 Å². The fourth-order valence-corrected chi connectivity index (χ4v) is 3.73. The Morgan fingerprint density at radius 3 is 2.55 bits per heavy atom. The zero-order valence-electron chi connectivity index (χ0n) is 17.9. The number of nitrogens with one attached hydrogen (secondary N) is 1. The van der Waals surface area contributed by atoms with Crippen molar-refractivity contribution in [2.45, 2.75) is 33.8 Å². The highest BCUT2D eigenvalue weighted by atomic mass is 35.5. The molecule has 2 amide bonds. The molecular formula is C23H23ClN2O4S. The first-order valence-corrected chi connectivity index (χ1v) is 10.4. The summed E-state index contributed by atoms with van der Waals surface area (Å²) in [5, 5.41) is 2.95. The zero-order valence-corrected chi connectivity index (χ0v) is 19.5. The number of ether oxygens (including phenoxy) is 2. The number of rotatable bonds is 5. The number of hydrogen-bond acceptors (Lipinski definition) is 5. The SMILES string of the molecule is COc1cc(/C=C2\C(=O)NC(=S)N(c3cccc(C)c3C)C2=O)cc(Cl)c1OC(C)C. The molecule has 162 valence electrons. The van der Waals surface area contributed by atoms with Gasteiger partial charge in [-0.3, -0.25) is 19.8 Å². The third-order valence-corrected chi connectivity index (χ3v) is 5.40. The molecule has 8 heteroatoms. The number of carbonyl (C=O) groups excluding carboxylic acids is 2. The van der Waals surface area contributed by atoms with E-state index in [-0.39, 0.29) is 16.8 Å². The summed E-state index contributed by atoms with van der Waals surface area (Å²) in [6, 6.07) is 8.85. The topological polar surface area (TPSA) is 67.9 Å². The van der Waals surface area contributed by atoms with E-state index in [9.17, 15) is 9.59 Å². The molecule has 1 fully saturated rings. The summed E-state index contributed by atoms with van der Waals surface area (Å²) < 4.78 is 11.1. The van der Waals surface area contributed by atoms with Crippen molar-refractivity contribution in [3.05, 3.63) is 57.6 Å². The van der Waals surface area contributed by atoms with E-state index in [1.165, 1.54) is 18.1 Å². The first-order valence-electron chi connectivity index (χ1n) is 9.66. The van der Waals surface area contributed by atoms with Crippen LogP contribution in [0.4, 0.5) is 5.69 Å². The number of hydrogen-bond donors (Lipinski definition) is 1. The molecule has 1 N–H and O–H groups in total. The molecule has 1 saturated heterocycles. The molecular weight excluding hydrogens is 436 g/mol. The Morgan fingerprint density at radius 1 is 1.19 bits per heavy atom. The minimum atomic E-state index is -0.575. The van der Waals surface area contributed by atoms with Gasteiger partial charge in [0.1, 0.15) is 5.57 Å². The van der Waals surface area contributed by atoms with E-state index in [1.54, 1.807) is 18.2 Å². The van der Waals surface area contributed by atoms with Crippen LogP contribution in [0.25, 0.3) is 6.08 Å². The Labute approximate surface area is 191 Å². The van der Waals surface area contributed by atoms with Crippen LogP contribution in [0.5, 0.6) is 11.5 Å². The summed E-state index contributed by atoms with van der Waals surface area (Å²) >= 11 is 11.7. The van der Waals surface area contributed by atoms with E-state index >= 15 is 0 Å². The lowest BCUT2D eigenvalue weighted by atomic mass is 10.0. The zero-order chi connectivity index (χ0) is 22.9. The van der Waals surface area contributed by atoms with Gasteiger partial charge in [0.2, 0.25) is 0 Å². The molecule has 1 aliphatic rings. The molecule has 0 saturated carbocycles. The van der Waals surface area contributed by atoms with Gasteiger partial charge in [0, 0.05) is 0 Å². The fourth-order valence-electron chi connectivity index (χ4n) is 3.19. The number of benzene rings is 2. The number of nitrogens with zero attached hydrogens (tertiary/aromatic N) is 1. The van der Waals surface area contributed by atoms with Crippen LogP contribution in [-0.4, -0.2) is 30.1 Å². The second kappa shape index (κ2) is 9.08. The molecule has 31 heavy (non-hydrogen) atoms. The Kier molecular flexibility index (Phi) is 6.67. The monoisotopic (exact) mass is 458 g/mol. The second-order valence-electron chi connectivity index (χ2n) is 7.38. The summed E-state index contributed by atoms with van der Waals surface area (Å²) in [5.74, 6) is -0.285. The molecule has 3 rings (SSSR count). The summed E-state index contributed by atoms with van der Waals surface area (Å²) in [4.78, 5) is 27.2. The Hall–Kier alpha value is -2.90. The summed E-state index contributed by atoms with van der Waals surface area (Å²) in [6.45, 7) is 7.60. The van der Waals surface area contributed by atoms with Crippen molar-refractivity contribution in [3.63, 3.8) is 0 Å². The molecule has 0 radical (unpaired) electrons. The average Bonchev–Trinajstić information content (AvgIpc) is 2.69. The van der Waals surface area contributed by atoms with Gasteiger partial charge < -0.3 is 9.47 Å². The fraction of sp³-hybridized carbons (Fsp3) is 0.261. The molecule has 0 unspecified atom stereocenters. The van der Waals surface area contributed by atoms with Crippen molar-refractivity contribution >= 4 is 52.5 Å². The number of anilines is 1. The van der Waals surface area contributed by atoms with Gasteiger partial charge in [-0.15, -0.1) is 0 Å². The third-order valence-electron chi connectivity index (χ3n) is 4.83. The number of amides is 2. The van der Waals surface area contributed by atoms with Crippen molar-refractivity contribution in [3.8, 4) is 11.5 Å². The molecule has 0 aliphatic carbocycles. The average molecular weight is 459 g/mol. The standard InChI is InChI=1S/C23H23ClN2O4S/c1-12(2)30-20-17(24)10-15(11-19(20)29-5)9-16-21(27)25-23(31)26(22(16)28)18-8-6-7-13(3)14(18)4/h6-12H,1-5H3,(H,25,27,31)/b16-9+. The predicted molar refractivity (Wildman–Crippen MR) is 126 cm³/mol. The maximum Gasteiger partial charge on any atom is 0.270 e. The second-order valence-corrected chi connectivity index (χ2v) is 8.17. The number of thiocarbonyl (C=S) groups is 1. The van der Waals surface area contributed by atoms with Crippen LogP contribution in [-0.2, 0) is 9.59 Å². The maximum atomic E-state index is 13.3. The van der Waals surface area contributed by atoms with Gasteiger partial charge in [-0.05, 0) is 80.9 Å². The highest BCUT2D eigenvalue weighted by Crippen LogP contribution is 2.38. The Morgan fingerprint density at radius 2 is 1.90 bits per heavy atom. The van der Waals surface area contributed by atoms with Crippen LogP contribution < -0.4 is 19.7 Å². The van der Waals surface area contributed by atoms with Crippen LogP contribution in [0, 0.1) is 13.8 Å². The first kappa shape index (κ1) is 22.8. The molecule has 0 atom stereocenters. The van der Waals surface area contributed by atoms with E-state index in [2.05, 4.69) is 5.32 Å². The molecule has 1 heterocycles. The van der Waals surface area contributed by atoms with Gasteiger partial charge in [-0.1, -0.05) is 23.7 Å². The van der Waals surface area contributed by atoms with Crippen molar-refractivity contribution in [1.29, 1.82) is 0 Å². The molecule has 6 nitrogen and oxygen atoms in total. The van der Waals surface area contributed by atoms with E-state index in [0.717, 1.165) is 11.1 Å². The lowest BCUT2D eigenvalue weighted by Crippen LogP contribution is -2.54. The summed E-state index contributed by atoms with van der Waals surface area (Å²) in [6.07, 6.45) is 1.36. The highest BCUT2D eigenvalue weighted by molar-refractivity contribution is 7.80. The lowest BCUT2D eigenvalue weighted by molar-refractivity contribution is -0.122. The predicted octanol–water partition coefficient (Wildman–Crippen LogP) is 4.58. The van der Waals surface area contributed by atoms with E-state index in [4.69, 9.17) is 33.3 Å². The van der Waals surface area contributed by atoms with Gasteiger partial charge in [0.15, 0.2) is 16.6 Å². The molecule has 2 aromatic carbocycles. The molecule has 1 aliphatic heterocycles. The molecule has 0 aromatic heterocycles. The van der Waals surface area contributed by atoms with E-state index in [0.29, 0.717) is 27.8 Å². The van der Waals surface area contributed by atoms with Gasteiger partial charge >= 0.3 is 0 Å². The quantitative estimate of drug-likeness (QED) is 0.403.